The molecule has 1 fully saturated rings. The molecule has 0 saturated carbocycles. The van der Waals surface area contributed by atoms with E-state index in [1.165, 1.54) is 18.4 Å². The molecule has 0 radical (unpaired) electrons. The SMILES string of the molecule is O=C1COc2ccc(CC3CCCN3)cc2N1. The second kappa shape index (κ2) is 4.37. The van der Waals surface area contributed by atoms with Crippen LogP contribution in [-0.4, -0.2) is 25.1 Å². The zero-order valence-corrected chi connectivity index (χ0v) is 9.66. The van der Waals surface area contributed by atoms with E-state index in [0.717, 1.165) is 24.4 Å². The van der Waals surface area contributed by atoms with Crippen molar-refractivity contribution in [1.29, 1.82) is 0 Å². The Morgan fingerprint density at radius 1 is 1.41 bits per heavy atom. The first-order chi connectivity index (χ1) is 8.31. The number of amides is 1. The standard InChI is InChI=1S/C13H16N2O2/c16-13-8-17-12-4-3-9(7-11(12)15-13)6-10-2-1-5-14-10/h3-4,7,10,14H,1-2,5-6,8H2,(H,15,16). The second-order valence-electron chi connectivity index (χ2n) is 4.66. The lowest BCUT2D eigenvalue weighted by atomic mass is 10.0. The molecule has 0 spiro atoms. The number of carbonyl (C=O) groups is 1. The van der Waals surface area contributed by atoms with Crippen LogP contribution in [-0.2, 0) is 11.2 Å². The van der Waals surface area contributed by atoms with E-state index in [1.807, 2.05) is 12.1 Å². The highest BCUT2D eigenvalue weighted by Crippen LogP contribution is 2.29. The summed E-state index contributed by atoms with van der Waals surface area (Å²) in [4.78, 5) is 11.2. The smallest absolute Gasteiger partial charge is 0.262 e. The van der Waals surface area contributed by atoms with Gasteiger partial charge in [-0.2, -0.15) is 0 Å². The van der Waals surface area contributed by atoms with Crippen LogP contribution in [0.5, 0.6) is 5.75 Å². The zero-order chi connectivity index (χ0) is 11.7. The van der Waals surface area contributed by atoms with Gasteiger partial charge in [0.25, 0.3) is 5.91 Å². The maximum atomic E-state index is 11.2. The molecule has 90 valence electrons. The van der Waals surface area contributed by atoms with E-state index >= 15 is 0 Å². The predicted octanol–water partition coefficient (Wildman–Crippen LogP) is 1.31. The number of ether oxygens (including phenoxy) is 1. The van der Waals surface area contributed by atoms with Gasteiger partial charge in [-0.25, -0.2) is 0 Å². The molecule has 4 nitrogen and oxygen atoms in total. The van der Waals surface area contributed by atoms with Gasteiger partial charge in [0.15, 0.2) is 6.61 Å². The molecular formula is C13H16N2O2. The first-order valence-electron chi connectivity index (χ1n) is 6.10. The van der Waals surface area contributed by atoms with Gasteiger partial charge in [0.1, 0.15) is 5.75 Å². The number of carbonyl (C=O) groups excluding carboxylic acids is 1. The van der Waals surface area contributed by atoms with E-state index < -0.39 is 0 Å². The van der Waals surface area contributed by atoms with Crippen molar-refractivity contribution < 1.29 is 9.53 Å². The predicted molar refractivity (Wildman–Crippen MR) is 65.3 cm³/mol. The third-order valence-corrected chi connectivity index (χ3v) is 3.32. The Bertz CT molecular complexity index is 439. The number of nitrogens with one attached hydrogen (secondary N) is 2. The monoisotopic (exact) mass is 232 g/mol. The summed E-state index contributed by atoms with van der Waals surface area (Å²) in [6.45, 7) is 1.24. The number of hydrogen-bond donors (Lipinski definition) is 2. The summed E-state index contributed by atoms with van der Waals surface area (Å²) >= 11 is 0. The fourth-order valence-electron chi connectivity index (χ4n) is 2.47. The summed E-state index contributed by atoms with van der Waals surface area (Å²) in [5.41, 5.74) is 2.05. The van der Waals surface area contributed by atoms with Gasteiger partial charge in [-0.15, -0.1) is 0 Å². The molecule has 1 unspecified atom stereocenters. The molecule has 0 aliphatic carbocycles. The summed E-state index contributed by atoms with van der Waals surface area (Å²) in [7, 11) is 0. The molecular weight excluding hydrogens is 216 g/mol. The van der Waals surface area contributed by atoms with Crippen molar-refractivity contribution >= 4 is 11.6 Å². The van der Waals surface area contributed by atoms with Crippen LogP contribution in [0.4, 0.5) is 5.69 Å². The highest BCUT2D eigenvalue weighted by atomic mass is 16.5. The minimum Gasteiger partial charge on any atom is -0.482 e. The van der Waals surface area contributed by atoms with E-state index in [2.05, 4.69) is 16.7 Å². The molecule has 0 bridgehead atoms. The Balaban J connectivity index is 1.77. The van der Waals surface area contributed by atoms with Crippen LogP contribution in [0.3, 0.4) is 0 Å². The van der Waals surface area contributed by atoms with Gasteiger partial charge in [0, 0.05) is 6.04 Å². The molecule has 4 heteroatoms. The van der Waals surface area contributed by atoms with Crippen molar-refractivity contribution in [3.8, 4) is 5.75 Å². The molecule has 1 aromatic carbocycles. The molecule has 2 heterocycles. The molecule has 2 N–H and O–H groups in total. The van der Waals surface area contributed by atoms with Crippen molar-refractivity contribution in [2.75, 3.05) is 18.5 Å². The van der Waals surface area contributed by atoms with Crippen LogP contribution in [0.2, 0.25) is 0 Å². The summed E-state index contributed by atoms with van der Waals surface area (Å²) < 4.78 is 5.33. The lowest BCUT2D eigenvalue weighted by Gasteiger charge is -2.19. The van der Waals surface area contributed by atoms with Gasteiger partial charge in [-0.05, 0) is 43.5 Å². The topological polar surface area (TPSA) is 50.4 Å². The zero-order valence-electron chi connectivity index (χ0n) is 9.66. The highest BCUT2D eigenvalue weighted by Gasteiger charge is 2.18. The van der Waals surface area contributed by atoms with Crippen molar-refractivity contribution in [2.45, 2.75) is 25.3 Å². The summed E-state index contributed by atoms with van der Waals surface area (Å²) in [5.74, 6) is 0.696. The van der Waals surface area contributed by atoms with Crippen LogP contribution in [0.25, 0.3) is 0 Å². The normalized spacial score (nSPS) is 22.8. The fourth-order valence-corrected chi connectivity index (χ4v) is 2.47. The van der Waals surface area contributed by atoms with Crippen LogP contribution in [0.1, 0.15) is 18.4 Å². The van der Waals surface area contributed by atoms with Crippen molar-refractivity contribution in [2.24, 2.45) is 0 Å². The first kappa shape index (κ1) is 10.6. The van der Waals surface area contributed by atoms with Crippen LogP contribution < -0.4 is 15.4 Å². The quantitative estimate of drug-likeness (QED) is 0.808. The Morgan fingerprint density at radius 3 is 3.18 bits per heavy atom. The molecule has 2 aliphatic rings. The molecule has 1 atom stereocenters. The van der Waals surface area contributed by atoms with Crippen molar-refractivity contribution in [3.63, 3.8) is 0 Å². The fraction of sp³-hybridized carbons (Fsp3) is 0.462. The number of fused-ring (bicyclic) bond motifs is 1. The molecule has 0 aromatic heterocycles. The molecule has 17 heavy (non-hydrogen) atoms. The van der Waals surface area contributed by atoms with Gasteiger partial charge in [-0.3, -0.25) is 4.79 Å². The van der Waals surface area contributed by atoms with E-state index in [0.29, 0.717) is 6.04 Å². The summed E-state index contributed by atoms with van der Waals surface area (Å²) in [6.07, 6.45) is 3.51. The molecule has 1 amide bonds. The number of anilines is 1. The number of hydrogen-bond acceptors (Lipinski definition) is 3. The minimum absolute atomic E-state index is 0.0753. The van der Waals surface area contributed by atoms with E-state index in [-0.39, 0.29) is 12.5 Å². The van der Waals surface area contributed by atoms with Crippen molar-refractivity contribution in [3.05, 3.63) is 23.8 Å². The average molecular weight is 232 g/mol. The van der Waals surface area contributed by atoms with Gasteiger partial charge >= 0.3 is 0 Å². The van der Waals surface area contributed by atoms with Crippen molar-refractivity contribution in [1.82, 2.24) is 5.32 Å². The van der Waals surface area contributed by atoms with E-state index in [9.17, 15) is 4.79 Å². The third-order valence-electron chi connectivity index (χ3n) is 3.32. The maximum Gasteiger partial charge on any atom is 0.262 e. The Hall–Kier alpha value is -1.55. The lowest BCUT2D eigenvalue weighted by molar-refractivity contribution is -0.118. The molecule has 2 aliphatic heterocycles. The number of rotatable bonds is 2. The van der Waals surface area contributed by atoms with Gasteiger partial charge in [0.05, 0.1) is 5.69 Å². The van der Waals surface area contributed by atoms with E-state index in [4.69, 9.17) is 4.74 Å². The van der Waals surface area contributed by atoms with Crippen LogP contribution >= 0.6 is 0 Å². The van der Waals surface area contributed by atoms with Gasteiger partial charge in [-0.1, -0.05) is 6.07 Å². The van der Waals surface area contributed by atoms with Crippen LogP contribution in [0.15, 0.2) is 18.2 Å². The largest absolute Gasteiger partial charge is 0.482 e. The average Bonchev–Trinajstić information content (AvgIpc) is 2.81. The summed E-state index contributed by atoms with van der Waals surface area (Å²) in [6, 6.07) is 6.62. The first-order valence-corrected chi connectivity index (χ1v) is 6.10. The highest BCUT2D eigenvalue weighted by molar-refractivity contribution is 5.95. The van der Waals surface area contributed by atoms with E-state index in [1.54, 1.807) is 0 Å². The Morgan fingerprint density at radius 2 is 2.35 bits per heavy atom. The summed E-state index contributed by atoms with van der Waals surface area (Å²) in [5, 5.41) is 6.32. The molecule has 1 aromatic rings. The second-order valence-corrected chi connectivity index (χ2v) is 4.66. The Kier molecular flexibility index (Phi) is 2.73. The van der Waals surface area contributed by atoms with Crippen LogP contribution in [0, 0.1) is 0 Å². The molecule has 1 saturated heterocycles. The Labute approximate surface area is 100 Å². The minimum atomic E-state index is -0.0753. The van der Waals surface area contributed by atoms with Gasteiger partial charge < -0.3 is 15.4 Å². The lowest BCUT2D eigenvalue weighted by Crippen LogP contribution is -2.26. The third kappa shape index (κ3) is 2.26. The molecule has 3 rings (SSSR count). The number of benzene rings is 1. The maximum absolute atomic E-state index is 11.2. The van der Waals surface area contributed by atoms with Gasteiger partial charge in [0.2, 0.25) is 0 Å².